The Balaban J connectivity index is 1.72. The zero-order chi connectivity index (χ0) is 12.4. The molecule has 0 aliphatic carbocycles. The van der Waals surface area contributed by atoms with Crippen LogP contribution in [-0.2, 0) is 0 Å². The summed E-state index contributed by atoms with van der Waals surface area (Å²) in [5.74, 6) is 1.70. The number of para-hydroxylation sites is 2. The molecule has 3 rings (SSSR count). The van der Waals surface area contributed by atoms with Crippen LogP contribution in [0.2, 0.25) is 0 Å². The Morgan fingerprint density at radius 2 is 1.94 bits per heavy atom. The van der Waals surface area contributed by atoms with Gasteiger partial charge in [-0.25, -0.2) is 4.98 Å². The van der Waals surface area contributed by atoms with E-state index in [4.69, 9.17) is 11.6 Å². The number of hydrogen-bond donors (Lipinski definition) is 1. The highest BCUT2D eigenvalue weighted by Gasteiger charge is 2.18. The average Bonchev–Trinajstić information content (AvgIpc) is 2.84. The summed E-state index contributed by atoms with van der Waals surface area (Å²) in [7, 11) is 0. The standard InChI is InChI=1S/C13H17ClN4/c14-5-6-17-7-9-18(10-8-17)13-15-11-3-1-2-4-12(11)16-13/h1-4H,5-10H2,(H,15,16). The minimum Gasteiger partial charge on any atom is -0.340 e. The maximum Gasteiger partial charge on any atom is 0.203 e. The quantitative estimate of drug-likeness (QED) is 0.861. The summed E-state index contributed by atoms with van der Waals surface area (Å²) >= 11 is 5.77. The van der Waals surface area contributed by atoms with Gasteiger partial charge >= 0.3 is 0 Å². The van der Waals surface area contributed by atoms with E-state index in [-0.39, 0.29) is 0 Å². The minimum atomic E-state index is 0.713. The van der Waals surface area contributed by atoms with E-state index < -0.39 is 0 Å². The molecule has 0 amide bonds. The normalized spacial score (nSPS) is 17.5. The molecule has 0 radical (unpaired) electrons. The van der Waals surface area contributed by atoms with Crippen molar-refractivity contribution in [3.05, 3.63) is 24.3 Å². The van der Waals surface area contributed by atoms with E-state index in [1.807, 2.05) is 18.2 Å². The zero-order valence-electron chi connectivity index (χ0n) is 10.3. The lowest BCUT2D eigenvalue weighted by molar-refractivity contribution is 0.271. The second-order valence-electron chi connectivity index (χ2n) is 4.60. The first-order valence-electron chi connectivity index (χ1n) is 6.35. The average molecular weight is 265 g/mol. The van der Waals surface area contributed by atoms with Crippen LogP contribution in [0.1, 0.15) is 0 Å². The molecule has 2 aromatic rings. The largest absolute Gasteiger partial charge is 0.340 e. The number of fused-ring (bicyclic) bond motifs is 1. The SMILES string of the molecule is ClCCN1CCN(c2nc3ccccc3[nH]2)CC1. The number of hydrogen-bond acceptors (Lipinski definition) is 3. The number of rotatable bonds is 3. The predicted molar refractivity (Wildman–Crippen MR) is 75.5 cm³/mol. The highest BCUT2D eigenvalue weighted by atomic mass is 35.5. The highest BCUT2D eigenvalue weighted by molar-refractivity contribution is 6.18. The molecule has 1 aliphatic rings. The second-order valence-corrected chi connectivity index (χ2v) is 4.97. The molecule has 0 bridgehead atoms. The maximum atomic E-state index is 5.77. The fraction of sp³-hybridized carbons (Fsp3) is 0.462. The molecule has 1 N–H and O–H groups in total. The predicted octanol–water partition coefficient (Wildman–Crippen LogP) is 1.92. The van der Waals surface area contributed by atoms with E-state index in [1.165, 1.54) is 0 Å². The number of halogens is 1. The summed E-state index contributed by atoms with van der Waals surface area (Å²) in [5.41, 5.74) is 2.14. The lowest BCUT2D eigenvalue weighted by Gasteiger charge is -2.34. The van der Waals surface area contributed by atoms with Crippen molar-refractivity contribution >= 4 is 28.6 Å². The molecular formula is C13H17ClN4. The Kier molecular flexibility index (Phi) is 3.39. The summed E-state index contributed by atoms with van der Waals surface area (Å²) in [6, 6.07) is 8.16. The molecule has 1 saturated heterocycles. The number of imidazole rings is 1. The first kappa shape index (κ1) is 11.8. The van der Waals surface area contributed by atoms with Crippen molar-refractivity contribution in [1.82, 2.24) is 14.9 Å². The number of aromatic nitrogens is 2. The first-order chi connectivity index (χ1) is 8.86. The van der Waals surface area contributed by atoms with E-state index in [0.29, 0.717) is 5.88 Å². The third kappa shape index (κ3) is 2.31. The van der Waals surface area contributed by atoms with Crippen LogP contribution < -0.4 is 4.90 Å². The number of piperazine rings is 1. The van der Waals surface area contributed by atoms with Gasteiger partial charge in [-0.1, -0.05) is 12.1 Å². The minimum absolute atomic E-state index is 0.713. The van der Waals surface area contributed by atoms with Crippen LogP contribution in [0.15, 0.2) is 24.3 Å². The number of aromatic amines is 1. The number of nitrogens with zero attached hydrogens (tertiary/aromatic N) is 3. The molecule has 0 atom stereocenters. The Bertz CT molecular complexity index is 483. The highest BCUT2D eigenvalue weighted by Crippen LogP contribution is 2.18. The summed E-state index contributed by atoms with van der Waals surface area (Å²) in [6.07, 6.45) is 0. The van der Waals surface area contributed by atoms with Crippen LogP contribution in [0.4, 0.5) is 5.95 Å². The maximum absolute atomic E-state index is 5.77. The van der Waals surface area contributed by atoms with Crippen LogP contribution >= 0.6 is 11.6 Å². The van der Waals surface area contributed by atoms with Gasteiger partial charge in [-0.05, 0) is 12.1 Å². The molecule has 0 spiro atoms. The van der Waals surface area contributed by atoms with Gasteiger partial charge in [-0.15, -0.1) is 11.6 Å². The molecular weight excluding hydrogens is 248 g/mol. The van der Waals surface area contributed by atoms with Gasteiger partial charge in [-0.3, -0.25) is 4.90 Å². The van der Waals surface area contributed by atoms with Crippen molar-refractivity contribution in [3.8, 4) is 0 Å². The van der Waals surface area contributed by atoms with E-state index in [9.17, 15) is 0 Å². The second kappa shape index (κ2) is 5.16. The van der Waals surface area contributed by atoms with Crippen LogP contribution in [0.25, 0.3) is 11.0 Å². The summed E-state index contributed by atoms with van der Waals surface area (Å²) < 4.78 is 0. The molecule has 2 heterocycles. The molecule has 18 heavy (non-hydrogen) atoms. The number of H-pyrrole nitrogens is 1. The van der Waals surface area contributed by atoms with Crippen molar-refractivity contribution in [2.45, 2.75) is 0 Å². The van der Waals surface area contributed by atoms with Crippen molar-refractivity contribution in [2.75, 3.05) is 43.5 Å². The lowest BCUT2D eigenvalue weighted by atomic mass is 10.3. The third-order valence-corrected chi connectivity index (χ3v) is 3.62. The fourth-order valence-corrected chi connectivity index (χ4v) is 2.63. The number of nitrogens with one attached hydrogen (secondary N) is 1. The zero-order valence-corrected chi connectivity index (χ0v) is 11.0. The molecule has 1 fully saturated rings. The Morgan fingerprint density at radius 1 is 1.17 bits per heavy atom. The number of anilines is 1. The molecule has 5 heteroatoms. The Morgan fingerprint density at radius 3 is 2.67 bits per heavy atom. The third-order valence-electron chi connectivity index (χ3n) is 3.45. The van der Waals surface area contributed by atoms with Crippen LogP contribution in [0.5, 0.6) is 0 Å². The summed E-state index contributed by atoms with van der Waals surface area (Å²) in [5, 5.41) is 0. The van der Waals surface area contributed by atoms with Gasteiger partial charge < -0.3 is 9.88 Å². The van der Waals surface area contributed by atoms with Crippen molar-refractivity contribution < 1.29 is 0 Å². The Labute approximate surface area is 112 Å². The van der Waals surface area contributed by atoms with Gasteiger partial charge in [0.15, 0.2) is 0 Å². The Hall–Kier alpha value is -1.26. The topological polar surface area (TPSA) is 35.2 Å². The number of benzene rings is 1. The van der Waals surface area contributed by atoms with Gasteiger partial charge in [0.05, 0.1) is 11.0 Å². The molecule has 0 saturated carbocycles. The molecule has 1 aromatic heterocycles. The monoisotopic (exact) mass is 264 g/mol. The molecule has 0 unspecified atom stereocenters. The summed E-state index contributed by atoms with van der Waals surface area (Å²) in [4.78, 5) is 12.7. The van der Waals surface area contributed by atoms with E-state index in [2.05, 4.69) is 25.8 Å². The van der Waals surface area contributed by atoms with Gasteiger partial charge in [-0.2, -0.15) is 0 Å². The van der Waals surface area contributed by atoms with E-state index in [1.54, 1.807) is 0 Å². The summed E-state index contributed by atoms with van der Waals surface area (Å²) in [6.45, 7) is 5.12. The van der Waals surface area contributed by atoms with Crippen LogP contribution in [0, 0.1) is 0 Å². The molecule has 1 aromatic carbocycles. The lowest BCUT2D eigenvalue weighted by Crippen LogP contribution is -2.47. The van der Waals surface area contributed by atoms with Gasteiger partial charge in [0.2, 0.25) is 5.95 Å². The van der Waals surface area contributed by atoms with Crippen LogP contribution in [-0.4, -0.2) is 53.5 Å². The van der Waals surface area contributed by atoms with Crippen LogP contribution in [0.3, 0.4) is 0 Å². The van der Waals surface area contributed by atoms with E-state index in [0.717, 1.165) is 49.7 Å². The fourth-order valence-electron chi connectivity index (χ4n) is 2.39. The van der Waals surface area contributed by atoms with Gasteiger partial charge in [0.1, 0.15) is 0 Å². The number of alkyl halides is 1. The van der Waals surface area contributed by atoms with Gasteiger partial charge in [0.25, 0.3) is 0 Å². The van der Waals surface area contributed by atoms with Crippen molar-refractivity contribution in [2.24, 2.45) is 0 Å². The van der Waals surface area contributed by atoms with Gasteiger partial charge in [0, 0.05) is 38.6 Å². The molecule has 4 nitrogen and oxygen atoms in total. The smallest absolute Gasteiger partial charge is 0.203 e. The molecule has 96 valence electrons. The van der Waals surface area contributed by atoms with Crippen molar-refractivity contribution in [3.63, 3.8) is 0 Å². The van der Waals surface area contributed by atoms with E-state index >= 15 is 0 Å². The van der Waals surface area contributed by atoms with Crippen molar-refractivity contribution in [1.29, 1.82) is 0 Å². The first-order valence-corrected chi connectivity index (χ1v) is 6.88. The molecule has 1 aliphatic heterocycles.